The van der Waals surface area contributed by atoms with E-state index in [1.807, 2.05) is 0 Å². The third-order valence-electron chi connectivity index (χ3n) is 6.50. The van der Waals surface area contributed by atoms with Crippen LogP contribution < -0.4 is 5.32 Å². The van der Waals surface area contributed by atoms with Crippen LogP contribution in [0.15, 0.2) is 24.3 Å². The zero-order valence-electron chi connectivity index (χ0n) is 21.4. The maximum Gasteiger partial charge on any atom is 0.334 e. The lowest BCUT2D eigenvalue weighted by Crippen LogP contribution is -2.76. The van der Waals surface area contributed by atoms with Gasteiger partial charge in [-0.2, -0.15) is 0 Å². The molecule has 2 N–H and O–H groups in total. The summed E-state index contributed by atoms with van der Waals surface area (Å²) in [5.41, 5.74) is 0.699. The van der Waals surface area contributed by atoms with Crippen LogP contribution in [-0.4, -0.2) is 101 Å². The van der Waals surface area contributed by atoms with Crippen molar-refractivity contribution in [3.8, 4) is 0 Å². The molecule has 204 valence electrons. The van der Waals surface area contributed by atoms with Crippen molar-refractivity contribution in [1.29, 1.82) is 0 Å². The van der Waals surface area contributed by atoms with Gasteiger partial charge >= 0.3 is 12.0 Å². The Morgan fingerprint density at radius 2 is 1.86 bits per heavy atom. The Kier molecular flexibility index (Phi) is 10.2. The minimum atomic E-state index is -1.07. The summed E-state index contributed by atoms with van der Waals surface area (Å²) in [7, 11) is 1.61. The molecule has 2 saturated heterocycles. The Morgan fingerprint density at radius 3 is 2.54 bits per heavy atom. The third kappa shape index (κ3) is 7.39. The number of unbranched alkanes of at least 4 members (excludes halogenated alkanes) is 1. The molecule has 2 aliphatic rings. The van der Waals surface area contributed by atoms with Gasteiger partial charge in [0.15, 0.2) is 0 Å². The number of aliphatic carboxylic acids is 1. The van der Waals surface area contributed by atoms with Gasteiger partial charge in [-0.15, -0.1) is 0 Å². The molecule has 0 spiro atoms. The SMILES string of the molecule is CCCCOCCCN1C[C@H]2N(C(=O)CN(C)N2C(=O)NCc2ccc(F)cc2)[C@@H](CCC(=O)O)C1=O. The van der Waals surface area contributed by atoms with Crippen LogP contribution in [0.25, 0.3) is 0 Å². The zero-order valence-corrected chi connectivity index (χ0v) is 21.4. The Bertz CT molecular complexity index is 961. The second kappa shape index (κ2) is 13.3. The lowest BCUT2D eigenvalue weighted by atomic mass is 10.0. The van der Waals surface area contributed by atoms with E-state index >= 15 is 0 Å². The molecule has 2 atom stereocenters. The maximum absolute atomic E-state index is 13.3. The number of carbonyl (C=O) groups is 4. The number of likely N-dealkylation sites (N-methyl/N-ethyl adjacent to an activating group) is 1. The Labute approximate surface area is 216 Å². The lowest BCUT2D eigenvalue weighted by molar-refractivity contribution is -0.187. The average Bonchev–Trinajstić information content (AvgIpc) is 2.85. The quantitative estimate of drug-likeness (QED) is 0.401. The first-order chi connectivity index (χ1) is 17.7. The molecule has 0 saturated carbocycles. The van der Waals surface area contributed by atoms with Crippen LogP contribution in [0.2, 0.25) is 0 Å². The fourth-order valence-corrected chi connectivity index (χ4v) is 4.61. The van der Waals surface area contributed by atoms with E-state index in [4.69, 9.17) is 4.74 Å². The predicted molar refractivity (Wildman–Crippen MR) is 131 cm³/mol. The second-order valence-electron chi connectivity index (χ2n) is 9.28. The van der Waals surface area contributed by atoms with Crippen LogP contribution in [0.5, 0.6) is 0 Å². The summed E-state index contributed by atoms with van der Waals surface area (Å²) in [4.78, 5) is 53.9. The fourth-order valence-electron chi connectivity index (χ4n) is 4.61. The number of amides is 4. The molecule has 1 aromatic rings. The molecule has 11 nitrogen and oxygen atoms in total. The van der Waals surface area contributed by atoms with Gasteiger partial charge in [0.05, 0.1) is 13.1 Å². The van der Waals surface area contributed by atoms with Gasteiger partial charge in [0.1, 0.15) is 18.0 Å². The molecule has 37 heavy (non-hydrogen) atoms. The van der Waals surface area contributed by atoms with Crippen LogP contribution in [0.4, 0.5) is 9.18 Å². The summed E-state index contributed by atoms with van der Waals surface area (Å²) in [6.07, 6.45) is 1.43. The molecule has 12 heteroatoms. The highest BCUT2D eigenvalue weighted by Crippen LogP contribution is 2.28. The number of carboxylic acid groups (broad SMARTS) is 1. The first-order valence-corrected chi connectivity index (χ1v) is 12.6. The summed E-state index contributed by atoms with van der Waals surface area (Å²) >= 11 is 0. The van der Waals surface area contributed by atoms with Gasteiger partial charge in [0, 0.05) is 39.8 Å². The van der Waals surface area contributed by atoms with Crippen LogP contribution in [0.3, 0.4) is 0 Å². The molecular weight excluding hydrogens is 485 g/mol. The van der Waals surface area contributed by atoms with Crippen LogP contribution in [0.1, 0.15) is 44.6 Å². The van der Waals surface area contributed by atoms with Gasteiger partial charge in [-0.1, -0.05) is 25.5 Å². The molecule has 0 radical (unpaired) electrons. The van der Waals surface area contributed by atoms with Crippen molar-refractivity contribution in [2.75, 3.05) is 39.9 Å². The van der Waals surface area contributed by atoms with Crippen molar-refractivity contribution in [1.82, 2.24) is 25.1 Å². The number of piperazine rings is 1. The van der Waals surface area contributed by atoms with Crippen molar-refractivity contribution >= 4 is 23.8 Å². The fraction of sp³-hybridized carbons (Fsp3) is 0.600. The molecule has 2 aliphatic heterocycles. The molecular formula is C25H36FN5O6. The highest BCUT2D eigenvalue weighted by Gasteiger charge is 2.50. The van der Waals surface area contributed by atoms with E-state index in [0.29, 0.717) is 31.7 Å². The number of nitrogens with zero attached hydrogens (tertiary/aromatic N) is 4. The number of ether oxygens (including phenoxy) is 1. The van der Waals surface area contributed by atoms with Gasteiger partial charge in [-0.25, -0.2) is 19.2 Å². The minimum absolute atomic E-state index is 0.0470. The largest absolute Gasteiger partial charge is 0.481 e. The van der Waals surface area contributed by atoms with Crippen LogP contribution in [0, 0.1) is 5.82 Å². The van der Waals surface area contributed by atoms with Crippen molar-refractivity contribution in [3.05, 3.63) is 35.6 Å². The monoisotopic (exact) mass is 521 g/mol. The van der Waals surface area contributed by atoms with Crippen molar-refractivity contribution in [2.45, 2.75) is 57.8 Å². The lowest BCUT2D eigenvalue weighted by Gasteiger charge is -2.54. The number of halogens is 1. The van der Waals surface area contributed by atoms with Crippen molar-refractivity contribution in [3.63, 3.8) is 0 Å². The Morgan fingerprint density at radius 1 is 1.16 bits per heavy atom. The first-order valence-electron chi connectivity index (χ1n) is 12.6. The average molecular weight is 522 g/mol. The van der Waals surface area contributed by atoms with Gasteiger partial charge in [0.2, 0.25) is 11.8 Å². The number of hydrazine groups is 1. The predicted octanol–water partition coefficient (Wildman–Crippen LogP) is 1.63. The van der Waals surface area contributed by atoms with E-state index in [-0.39, 0.29) is 50.1 Å². The summed E-state index contributed by atoms with van der Waals surface area (Å²) < 4.78 is 18.8. The number of carbonyl (C=O) groups excluding carboxylic acids is 3. The molecule has 2 heterocycles. The molecule has 0 bridgehead atoms. The first kappa shape index (κ1) is 28.3. The normalized spacial score (nSPS) is 20.2. The van der Waals surface area contributed by atoms with E-state index in [2.05, 4.69) is 12.2 Å². The summed E-state index contributed by atoms with van der Waals surface area (Å²) in [5.74, 6) is -2.12. The van der Waals surface area contributed by atoms with E-state index in [1.54, 1.807) is 24.1 Å². The topological polar surface area (TPSA) is 123 Å². The molecule has 0 unspecified atom stereocenters. The molecule has 1 aromatic carbocycles. The van der Waals surface area contributed by atoms with Gasteiger partial charge in [-0.3, -0.25) is 14.4 Å². The molecule has 2 fully saturated rings. The summed E-state index contributed by atoms with van der Waals surface area (Å²) in [5, 5.41) is 14.9. The standard InChI is InChI=1S/C25H36FN5O6/c1-3-4-13-37-14-5-12-29-16-21-30(20(24(29)35)10-11-23(33)34)22(32)17-28(2)31(21)25(36)27-15-18-6-8-19(26)9-7-18/h6-9,20-21H,3-5,10-17H2,1-2H3,(H,27,36)(H,33,34)/t20-,21-/m0/s1. The second-order valence-corrected chi connectivity index (χ2v) is 9.28. The van der Waals surface area contributed by atoms with E-state index in [1.165, 1.54) is 27.1 Å². The molecule has 3 rings (SSSR count). The molecule has 4 amide bonds. The number of hydrogen-bond donors (Lipinski definition) is 2. The summed E-state index contributed by atoms with van der Waals surface area (Å²) in [6.45, 7) is 3.65. The minimum Gasteiger partial charge on any atom is -0.481 e. The van der Waals surface area contributed by atoms with Crippen molar-refractivity contribution < 1.29 is 33.4 Å². The number of benzene rings is 1. The zero-order chi connectivity index (χ0) is 26.9. The van der Waals surface area contributed by atoms with E-state index in [9.17, 15) is 28.7 Å². The maximum atomic E-state index is 13.3. The molecule has 0 aliphatic carbocycles. The van der Waals surface area contributed by atoms with E-state index in [0.717, 1.165) is 12.8 Å². The highest BCUT2D eigenvalue weighted by atomic mass is 19.1. The number of rotatable bonds is 12. The Balaban J connectivity index is 1.76. The van der Waals surface area contributed by atoms with Crippen LogP contribution >= 0.6 is 0 Å². The van der Waals surface area contributed by atoms with Gasteiger partial charge in [-0.05, 0) is 37.0 Å². The number of carboxylic acids is 1. The smallest absolute Gasteiger partial charge is 0.334 e. The number of hydrogen-bond acceptors (Lipinski definition) is 6. The third-order valence-corrected chi connectivity index (χ3v) is 6.50. The number of urea groups is 1. The highest BCUT2D eigenvalue weighted by molar-refractivity contribution is 5.91. The van der Waals surface area contributed by atoms with Gasteiger partial charge < -0.3 is 25.0 Å². The van der Waals surface area contributed by atoms with E-state index < -0.39 is 24.2 Å². The summed E-state index contributed by atoms with van der Waals surface area (Å²) in [6, 6.07) is 4.28. The van der Waals surface area contributed by atoms with Crippen LogP contribution in [-0.2, 0) is 25.7 Å². The van der Waals surface area contributed by atoms with Gasteiger partial charge in [0.25, 0.3) is 0 Å². The number of fused-ring (bicyclic) bond motifs is 1. The Hall–Kier alpha value is -3.25. The molecule has 0 aromatic heterocycles. The van der Waals surface area contributed by atoms with Crippen molar-refractivity contribution in [2.24, 2.45) is 0 Å². The number of nitrogens with one attached hydrogen (secondary N) is 1.